The van der Waals surface area contributed by atoms with E-state index in [0.29, 0.717) is 23.7 Å². The van der Waals surface area contributed by atoms with Crippen LogP contribution in [0.2, 0.25) is 0 Å². The second kappa shape index (κ2) is 9.93. The van der Waals surface area contributed by atoms with Crippen LogP contribution in [0.1, 0.15) is 5.56 Å². The van der Waals surface area contributed by atoms with Crippen molar-refractivity contribution in [3.05, 3.63) is 84.4 Å². The van der Waals surface area contributed by atoms with Crippen molar-refractivity contribution in [1.29, 1.82) is 0 Å². The van der Waals surface area contributed by atoms with Crippen LogP contribution in [0.15, 0.2) is 78.9 Å². The van der Waals surface area contributed by atoms with E-state index in [0.717, 1.165) is 46.5 Å². The van der Waals surface area contributed by atoms with Gasteiger partial charge in [-0.15, -0.1) is 0 Å². The molecule has 1 heterocycles. The molecule has 4 aromatic rings. The summed E-state index contributed by atoms with van der Waals surface area (Å²) in [7, 11) is -6.70. The fourth-order valence-electron chi connectivity index (χ4n) is 3.74. The number of nitrogens with one attached hydrogen (secondary N) is 3. The molecular formula is C25H26N4O4S2. The molecule has 0 aliphatic carbocycles. The molecule has 0 aliphatic rings. The number of pyridine rings is 1. The number of anilines is 3. The second-order valence-corrected chi connectivity index (χ2v) is 11.8. The molecule has 0 atom stereocenters. The molecule has 0 bridgehead atoms. The van der Waals surface area contributed by atoms with Crippen LogP contribution in [-0.4, -0.2) is 40.9 Å². The molecule has 35 heavy (non-hydrogen) atoms. The van der Waals surface area contributed by atoms with Gasteiger partial charge in [0.2, 0.25) is 20.0 Å². The van der Waals surface area contributed by atoms with Crippen LogP contribution in [0, 0.1) is 0 Å². The minimum Gasteiger partial charge on any atom is -0.370 e. The van der Waals surface area contributed by atoms with Gasteiger partial charge in [0, 0.05) is 23.3 Å². The van der Waals surface area contributed by atoms with Gasteiger partial charge in [-0.3, -0.25) is 9.44 Å². The predicted octanol–water partition coefficient (Wildman–Crippen LogP) is 4.30. The van der Waals surface area contributed by atoms with Crippen molar-refractivity contribution in [2.45, 2.75) is 6.42 Å². The van der Waals surface area contributed by atoms with E-state index in [-0.39, 0.29) is 0 Å². The number of hydrogen-bond acceptors (Lipinski definition) is 6. The number of hydrogen-bond donors (Lipinski definition) is 3. The lowest BCUT2D eigenvalue weighted by Crippen LogP contribution is -2.10. The Labute approximate surface area is 205 Å². The molecule has 0 spiro atoms. The lowest BCUT2D eigenvalue weighted by molar-refractivity contribution is 0.605. The zero-order chi connectivity index (χ0) is 25.1. The first-order chi connectivity index (χ1) is 16.6. The fourth-order valence-corrected chi connectivity index (χ4v) is 4.86. The van der Waals surface area contributed by atoms with Gasteiger partial charge in [0.05, 0.1) is 18.0 Å². The highest BCUT2D eigenvalue weighted by Crippen LogP contribution is 2.32. The number of sulfonamides is 2. The Morgan fingerprint density at radius 3 is 2.03 bits per heavy atom. The first-order valence-corrected chi connectivity index (χ1v) is 14.6. The molecule has 1 aromatic heterocycles. The summed E-state index contributed by atoms with van der Waals surface area (Å²) in [4.78, 5) is 4.72. The quantitative estimate of drug-likeness (QED) is 0.309. The number of nitrogens with zero attached hydrogens (tertiary/aromatic N) is 1. The van der Waals surface area contributed by atoms with Crippen molar-refractivity contribution in [2.24, 2.45) is 0 Å². The van der Waals surface area contributed by atoms with E-state index in [1.165, 1.54) is 0 Å². The minimum absolute atomic E-state index is 0.480. The van der Waals surface area contributed by atoms with Crippen molar-refractivity contribution in [3.63, 3.8) is 0 Å². The highest BCUT2D eigenvalue weighted by Gasteiger charge is 2.11. The molecule has 8 nitrogen and oxygen atoms in total. The molecule has 3 aromatic carbocycles. The minimum atomic E-state index is -3.40. The third kappa shape index (κ3) is 6.93. The second-order valence-electron chi connectivity index (χ2n) is 8.28. The maximum absolute atomic E-state index is 11.7. The Hall–Kier alpha value is -3.63. The van der Waals surface area contributed by atoms with Crippen LogP contribution in [0.3, 0.4) is 0 Å². The Balaban J connectivity index is 1.57. The molecule has 0 unspecified atom stereocenters. The lowest BCUT2D eigenvalue weighted by atomic mass is 10.0. The SMILES string of the molecule is CS(=O)(=O)Nc1ccc(CCNc2cc(-c3ccccc3)c3cc(NS(C)(=O)=O)ccc3n2)cc1. The Morgan fingerprint density at radius 2 is 1.37 bits per heavy atom. The number of aromatic nitrogens is 1. The molecule has 0 amide bonds. The molecule has 4 rings (SSSR count). The van der Waals surface area contributed by atoms with Gasteiger partial charge >= 0.3 is 0 Å². The van der Waals surface area contributed by atoms with Crippen LogP contribution >= 0.6 is 0 Å². The molecule has 0 aliphatic heterocycles. The molecule has 0 saturated carbocycles. The molecule has 0 radical (unpaired) electrons. The zero-order valence-corrected chi connectivity index (χ0v) is 20.9. The van der Waals surface area contributed by atoms with Crippen molar-refractivity contribution in [1.82, 2.24) is 4.98 Å². The van der Waals surface area contributed by atoms with Crippen molar-refractivity contribution in [3.8, 4) is 11.1 Å². The summed E-state index contributed by atoms with van der Waals surface area (Å²) in [6.45, 7) is 0.624. The molecule has 10 heteroatoms. The molecular weight excluding hydrogens is 484 g/mol. The highest BCUT2D eigenvalue weighted by atomic mass is 32.2. The lowest BCUT2D eigenvalue weighted by Gasteiger charge is -2.13. The normalized spacial score (nSPS) is 11.8. The van der Waals surface area contributed by atoms with E-state index in [1.54, 1.807) is 30.3 Å². The summed E-state index contributed by atoms with van der Waals surface area (Å²) in [6.07, 6.45) is 2.96. The first-order valence-electron chi connectivity index (χ1n) is 10.8. The standard InChI is InChI=1S/C25H26N4O4S2/c1-34(30,31)28-20-10-8-18(9-11-20)14-15-26-25-17-22(19-6-4-3-5-7-19)23-16-21(29-35(2,32)33)12-13-24(23)27-25/h3-13,16-17,28-29H,14-15H2,1-2H3,(H,26,27). The van der Waals surface area contributed by atoms with Gasteiger partial charge in [-0.25, -0.2) is 21.8 Å². The first kappa shape index (κ1) is 24.5. The van der Waals surface area contributed by atoms with E-state index in [4.69, 9.17) is 4.98 Å². The summed E-state index contributed by atoms with van der Waals surface area (Å²) < 4.78 is 51.1. The van der Waals surface area contributed by atoms with Crippen LogP contribution < -0.4 is 14.8 Å². The summed E-state index contributed by atoms with van der Waals surface area (Å²) in [5.74, 6) is 0.704. The summed E-state index contributed by atoms with van der Waals surface area (Å²) in [6, 6.07) is 24.3. The topological polar surface area (TPSA) is 117 Å². The average molecular weight is 511 g/mol. The van der Waals surface area contributed by atoms with Crippen molar-refractivity contribution >= 4 is 48.1 Å². The monoisotopic (exact) mass is 510 g/mol. The van der Waals surface area contributed by atoms with Gasteiger partial charge in [-0.1, -0.05) is 42.5 Å². The van der Waals surface area contributed by atoms with Gasteiger partial charge < -0.3 is 5.32 Å². The third-order valence-electron chi connectivity index (χ3n) is 5.17. The maximum Gasteiger partial charge on any atom is 0.229 e. The number of fused-ring (bicyclic) bond motifs is 1. The van der Waals surface area contributed by atoms with Gasteiger partial charge in [-0.2, -0.15) is 0 Å². The van der Waals surface area contributed by atoms with Crippen LogP contribution in [0.5, 0.6) is 0 Å². The smallest absolute Gasteiger partial charge is 0.229 e. The molecule has 0 saturated heterocycles. The van der Waals surface area contributed by atoms with Gasteiger partial charge in [-0.05, 0) is 59.5 Å². The Morgan fingerprint density at radius 1 is 0.743 bits per heavy atom. The van der Waals surface area contributed by atoms with Crippen LogP contribution in [0.4, 0.5) is 17.2 Å². The largest absolute Gasteiger partial charge is 0.370 e. The summed E-state index contributed by atoms with van der Waals surface area (Å²) in [5, 5.41) is 4.20. The summed E-state index contributed by atoms with van der Waals surface area (Å²) >= 11 is 0. The predicted molar refractivity (Wildman–Crippen MR) is 143 cm³/mol. The fraction of sp³-hybridized carbons (Fsp3) is 0.160. The maximum atomic E-state index is 11.7. The Bertz CT molecular complexity index is 1550. The van der Waals surface area contributed by atoms with Gasteiger partial charge in [0.25, 0.3) is 0 Å². The van der Waals surface area contributed by atoms with Crippen molar-refractivity contribution in [2.75, 3.05) is 33.8 Å². The van der Waals surface area contributed by atoms with Crippen LogP contribution in [0.25, 0.3) is 22.0 Å². The van der Waals surface area contributed by atoms with Gasteiger partial charge in [0.15, 0.2) is 0 Å². The van der Waals surface area contributed by atoms with E-state index in [2.05, 4.69) is 14.8 Å². The average Bonchev–Trinajstić information content (AvgIpc) is 2.78. The van der Waals surface area contributed by atoms with E-state index in [1.807, 2.05) is 48.5 Å². The number of benzene rings is 3. The molecule has 0 fully saturated rings. The van der Waals surface area contributed by atoms with E-state index >= 15 is 0 Å². The van der Waals surface area contributed by atoms with Gasteiger partial charge in [0.1, 0.15) is 5.82 Å². The van der Waals surface area contributed by atoms with Crippen molar-refractivity contribution < 1.29 is 16.8 Å². The third-order valence-corrected chi connectivity index (χ3v) is 6.39. The molecule has 3 N–H and O–H groups in total. The molecule has 182 valence electrons. The van der Waals surface area contributed by atoms with Crippen LogP contribution in [-0.2, 0) is 26.5 Å². The van der Waals surface area contributed by atoms with E-state index in [9.17, 15) is 16.8 Å². The Kier molecular flexibility index (Phi) is 6.95. The summed E-state index contributed by atoms with van der Waals surface area (Å²) in [5.41, 5.74) is 4.73. The zero-order valence-electron chi connectivity index (χ0n) is 19.3. The highest BCUT2D eigenvalue weighted by molar-refractivity contribution is 7.92. The van der Waals surface area contributed by atoms with E-state index < -0.39 is 20.0 Å². The number of rotatable bonds is 9.